The lowest BCUT2D eigenvalue weighted by molar-refractivity contribution is -0.130. The molecule has 152 valence electrons. The lowest BCUT2D eigenvalue weighted by atomic mass is 10.1. The first-order chi connectivity index (χ1) is 14.7. The molecule has 0 spiro atoms. The number of nitrogens with zero attached hydrogens (tertiary/aromatic N) is 4. The highest BCUT2D eigenvalue weighted by molar-refractivity contribution is 5.96. The first kappa shape index (κ1) is 19.6. The van der Waals surface area contributed by atoms with E-state index in [9.17, 15) is 9.59 Å². The monoisotopic (exact) mass is 401 g/mol. The average Bonchev–Trinajstić information content (AvgIpc) is 2.83. The van der Waals surface area contributed by atoms with E-state index in [0.717, 1.165) is 17.1 Å². The van der Waals surface area contributed by atoms with Gasteiger partial charge in [0, 0.05) is 37.3 Å². The number of amides is 2. The minimum absolute atomic E-state index is 0.000689. The highest BCUT2D eigenvalue weighted by Crippen LogP contribution is 2.19. The van der Waals surface area contributed by atoms with E-state index >= 15 is 0 Å². The van der Waals surface area contributed by atoms with E-state index in [1.165, 1.54) is 0 Å². The van der Waals surface area contributed by atoms with E-state index < -0.39 is 0 Å². The second-order valence-electron chi connectivity index (χ2n) is 7.06. The Morgan fingerprint density at radius 3 is 2.10 bits per heavy atom. The molecule has 1 aliphatic rings. The molecule has 0 bridgehead atoms. The van der Waals surface area contributed by atoms with Gasteiger partial charge in [0.25, 0.3) is 5.91 Å². The zero-order valence-corrected chi connectivity index (χ0v) is 16.6. The molecule has 0 aliphatic carbocycles. The number of benzene rings is 2. The van der Waals surface area contributed by atoms with Crippen LogP contribution in [0.1, 0.15) is 10.4 Å². The van der Waals surface area contributed by atoms with E-state index in [1.54, 1.807) is 29.2 Å². The minimum Gasteiger partial charge on any atom is -0.352 e. The van der Waals surface area contributed by atoms with E-state index in [1.807, 2.05) is 48.5 Å². The van der Waals surface area contributed by atoms with Crippen molar-refractivity contribution in [2.24, 2.45) is 0 Å². The van der Waals surface area contributed by atoms with Crippen LogP contribution in [-0.2, 0) is 4.79 Å². The number of hydrogen-bond acceptors (Lipinski definition) is 5. The van der Waals surface area contributed by atoms with Gasteiger partial charge in [-0.05, 0) is 24.3 Å². The van der Waals surface area contributed by atoms with Gasteiger partial charge >= 0.3 is 0 Å². The average molecular weight is 401 g/mol. The van der Waals surface area contributed by atoms with Crippen LogP contribution in [0.2, 0.25) is 0 Å². The summed E-state index contributed by atoms with van der Waals surface area (Å²) in [5, 5.41) is 11.4. The summed E-state index contributed by atoms with van der Waals surface area (Å²) in [6, 6.07) is 22.8. The molecule has 2 amide bonds. The second kappa shape index (κ2) is 9.17. The number of hydrogen-bond donors (Lipinski definition) is 1. The van der Waals surface area contributed by atoms with Gasteiger partial charge in [0.2, 0.25) is 5.91 Å². The first-order valence-electron chi connectivity index (χ1n) is 9.96. The molecule has 0 atom stereocenters. The van der Waals surface area contributed by atoms with Gasteiger partial charge in [-0.25, -0.2) is 0 Å². The summed E-state index contributed by atoms with van der Waals surface area (Å²) in [5.41, 5.74) is 2.42. The number of rotatable bonds is 5. The third-order valence-corrected chi connectivity index (χ3v) is 5.11. The Labute approximate surface area is 175 Å². The Hall–Kier alpha value is -3.74. The van der Waals surface area contributed by atoms with E-state index in [4.69, 9.17) is 0 Å². The van der Waals surface area contributed by atoms with Gasteiger partial charge in [-0.15, -0.1) is 10.2 Å². The number of carbonyl (C=O) groups is 2. The van der Waals surface area contributed by atoms with Crippen LogP contribution in [0.15, 0.2) is 72.8 Å². The molecule has 2 heterocycles. The third kappa shape index (κ3) is 4.63. The van der Waals surface area contributed by atoms with E-state index in [-0.39, 0.29) is 18.4 Å². The Kier molecular flexibility index (Phi) is 5.98. The van der Waals surface area contributed by atoms with Crippen LogP contribution in [0.3, 0.4) is 0 Å². The van der Waals surface area contributed by atoms with Gasteiger partial charge in [0.1, 0.15) is 0 Å². The summed E-state index contributed by atoms with van der Waals surface area (Å²) < 4.78 is 0. The zero-order chi connectivity index (χ0) is 20.8. The predicted octanol–water partition coefficient (Wildman–Crippen LogP) is 2.22. The molecule has 0 unspecified atom stereocenters. The summed E-state index contributed by atoms with van der Waals surface area (Å²) >= 11 is 0. The van der Waals surface area contributed by atoms with E-state index in [0.29, 0.717) is 31.7 Å². The fraction of sp³-hybridized carbons (Fsp3) is 0.217. The lowest BCUT2D eigenvalue weighted by Crippen LogP contribution is -2.51. The number of nitrogens with one attached hydrogen (secondary N) is 1. The molecule has 0 radical (unpaired) electrons. The smallest absolute Gasteiger partial charge is 0.251 e. The Balaban J connectivity index is 1.27. The van der Waals surface area contributed by atoms with Crippen LogP contribution >= 0.6 is 0 Å². The van der Waals surface area contributed by atoms with Gasteiger partial charge in [-0.2, -0.15) is 0 Å². The highest BCUT2D eigenvalue weighted by Gasteiger charge is 2.22. The number of aromatic nitrogens is 2. The predicted molar refractivity (Wildman–Crippen MR) is 115 cm³/mol. The molecule has 1 fully saturated rings. The molecular weight excluding hydrogens is 378 g/mol. The minimum atomic E-state index is -0.239. The number of carbonyl (C=O) groups excluding carboxylic acids is 2. The van der Waals surface area contributed by atoms with Gasteiger partial charge in [-0.1, -0.05) is 48.5 Å². The SMILES string of the molecule is O=C(NCC(=O)N1CCN(c2ccc(-c3ccccc3)nn2)CC1)c1ccccc1. The molecule has 1 saturated heterocycles. The molecule has 7 heteroatoms. The quantitative estimate of drug-likeness (QED) is 0.709. The van der Waals surface area contributed by atoms with Crippen LogP contribution < -0.4 is 10.2 Å². The summed E-state index contributed by atoms with van der Waals surface area (Å²) in [4.78, 5) is 28.4. The molecule has 2 aromatic carbocycles. The largest absolute Gasteiger partial charge is 0.352 e. The molecule has 3 aromatic rings. The Bertz CT molecular complexity index is 985. The normalized spacial score (nSPS) is 13.7. The number of anilines is 1. The van der Waals surface area contributed by atoms with Gasteiger partial charge in [-0.3, -0.25) is 9.59 Å². The lowest BCUT2D eigenvalue weighted by Gasteiger charge is -2.35. The van der Waals surface area contributed by atoms with Crippen molar-refractivity contribution in [2.75, 3.05) is 37.6 Å². The van der Waals surface area contributed by atoms with Crippen LogP contribution in [0.4, 0.5) is 5.82 Å². The van der Waals surface area contributed by atoms with Crippen molar-refractivity contribution in [3.05, 3.63) is 78.4 Å². The third-order valence-electron chi connectivity index (χ3n) is 5.11. The molecule has 4 rings (SSSR count). The maximum absolute atomic E-state index is 12.4. The molecule has 7 nitrogen and oxygen atoms in total. The highest BCUT2D eigenvalue weighted by atomic mass is 16.2. The standard InChI is InChI=1S/C23H23N5O2/c29-22(17-24-23(30)19-9-5-2-6-10-19)28-15-13-27(14-16-28)21-12-11-20(25-26-21)18-7-3-1-4-8-18/h1-12H,13-17H2,(H,24,30). The molecule has 0 saturated carbocycles. The Morgan fingerprint density at radius 2 is 1.47 bits per heavy atom. The van der Waals surface area contributed by atoms with Gasteiger partial charge in [0.05, 0.1) is 12.2 Å². The molecule has 30 heavy (non-hydrogen) atoms. The van der Waals surface area contributed by atoms with Crippen LogP contribution in [0, 0.1) is 0 Å². The zero-order valence-electron chi connectivity index (χ0n) is 16.6. The first-order valence-corrected chi connectivity index (χ1v) is 9.96. The fourth-order valence-corrected chi connectivity index (χ4v) is 3.40. The number of piperazine rings is 1. The van der Waals surface area contributed by atoms with E-state index in [2.05, 4.69) is 20.4 Å². The van der Waals surface area contributed by atoms with Crippen LogP contribution in [-0.4, -0.2) is 59.6 Å². The summed E-state index contributed by atoms with van der Waals surface area (Å²) in [5.74, 6) is 0.486. The van der Waals surface area contributed by atoms with Crippen LogP contribution in [0.5, 0.6) is 0 Å². The molecule has 1 N–H and O–H groups in total. The second-order valence-corrected chi connectivity index (χ2v) is 7.06. The van der Waals surface area contributed by atoms with Crippen molar-refractivity contribution in [3.8, 4) is 11.3 Å². The van der Waals surface area contributed by atoms with Crippen molar-refractivity contribution >= 4 is 17.6 Å². The summed E-state index contributed by atoms with van der Waals surface area (Å²) in [6.45, 7) is 2.53. The van der Waals surface area contributed by atoms with Gasteiger partial charge in [0.15, 0.2) is 5.82 Å². The van der Waals surface area contributed by atoms with Crippen molar-refractivity contribution in [3.63, 3.8) is 0 Å². The fourth-order valence-electron chi connectivity index (χ4n) is 3.40. The maximum Gasteiger partial charge on any atom is 0.251 e. The van der Waals surface area contributed by atoms with Crippen molar-refractivity contribution in [1.29, 1.82) is 0 Å². The topological polar surface area (TPSA) is 78.4 Å². The maximum atomic E-state index is 12.4. The van der Waals surface area contributed by atoms with Crippen molar-refractivity contribution in [2.45, 2.75) is 0 Å². The molecule has 1 aromatic heterocycles. The van der Waals surface area contributed by atoms with Crippen molar-refractivity contribution in [1.82, 2.24) is 20.4 Å². The molecular formula is C23H23N5O2. The van der Waals surface area contributed by atoms with Crippen molar-refractivity contribution < 1.29 is 9.59 Å². The molecule has 1 aliphatic heterocycles. The van der Waals surface area contributed by atoms with Gasteiger partial charge < -0.3 is 15.1 Å². The summed E-state index contributed by atoms with van der Waals surface area (Å²) in [6.07, 6.45) is 0. The Morgan fingerprint density at radius 1 is 0.800 bits per heavy atom. The summed E-state index contributed by atoms with van der Waals surface area (Å²) in [7, 11) is 0. The van der Waals surface area contributed by atoms with Crippen LogP contribution in [0.25, 0.3) is 11.3 Å².